The van der Waals surface area contributed by atoms with Crippen molar-refractivity contribution in [3.63, 3.8) is 0 Å². The van der Waals surface area contributed by atoms with Crippen LogP contribution in [0, 0.1) is 5.92 Å². The SMILES string of the molecule is CCNC(=NCc1ccccc1OCC(C)C)NCCSC. The summed E-state index contributed by atoms with van der Waals surface area (Å²) in [5.74, 6) is 3.37. The highest BCUT2D eigenvalue weighted by molar-refractivity contribution is 7.98. The summed E-state index contributed by atoms with van der Waals surface area (Å²) in [4.78, 5) is 4.65. The van der Waals surface area contributed by atoms with E-state index in [1.165, 1.54) is 0 Å². The summed E-state index contributed by atoms with van der Waals surface area (Å²) < 4.78 is 5.88. The minimum atomic E-state index is 0.516. The third-order valence-corrected chi connectivity index (χ3v) is 3.51. The number of hydrogen-bond acceptors (Lipinski definition) is 3. The molecule has 0 bridgehead atoms. The Morgan fingerprint density at radius 2 is 2.05 bits per heavy atom. The molecule has 1 aromatic rings. The van der Waals surface area contributed by atoms with E-state index in [-0.39, 0.29) is 0 Å². The monoisotopic (exact) mass is 323 g/mol. The molecule has 2 N–H and O–H groups in total. The molecule has 0 saturated heterocycles. The van der Waals surface area contributed by atoms with E-state index in [0.29, 0.717) is 12.5 Å². The van der Waals surface area contributed by atoms with Crippen LogP contribution in [0.1, 0.15) is 26.3 Å². The van der Waals surface area contributed by atoms with E-state index in [0.717, 1.165) is 42.7 Å². The Morgan fingerprint density at radius 3 is 2.73 bits per heavy atom. The standard InChI is InChI=1S/C17H29N3OS/c1-5-18-17(19-10-11-22-4)20-12-15-8-6-7-9-16(15)21-13-14(2)3/h6-9,14H,5,10-13H2,1-4H3,(H2,18,19,20). The number of rotatable bonds is 9. The molecule has 0 saturated carbocycles. The summed E-state index contributed by atoms with van der Waals surface area (Å²) >= 11 is 1.82. The highest BCUT2D eigenvalue weighted by Crippen LogP contribution is 2.19. The van der Waals surface area contributed by atoms with Gasteiger partial charge < -0.3 is 15.4 Å². The van der Waals surface area contributed by atoms with Gasteiger partial charge in [-0.25, -0.2) is 4.99 Å². The third kappa shape index (κ3) is 7.59. The van der Waals surface area contributed by atoms with Gasteiger partial charge in [0, 0.05) is 24.4 Å². The van der Waals surface area contributed by atoms with Crippen LogP contribution < -0.4 is 15.4 Å². The fourth-order valence-electron chi connectivity index (χ4n) is 1.81. The normalized spacial score (nSPS) is 11.6. The van der Waals surface area contributed by atoms with Crippen molar-refractivity contribution in [2.24, 2.45) is 10.9 Å². The van der Waals surface area contributed by atoms with Crippen molar-refractivity contribution in [1.29, 1.82) is 0 Å². The smallest absolute Gasteiger partial charge is 0.191 e. The first-order valence-corrected chi connectivity index (χ1v) is 9.28. The van der Waals surface area contributed by atoms with Crippen molar-refractivity contribution in [2.75, 3.05) is 31.7 Å². The van der Waals surface area contributed by atoms with Crippen molar-refractivity contribution in [2.45, 2.75) is 27.3 Å². The van der Waals surface area contributed by atoms with Crippen LogP contribution in [0.4, 0.5) is 0 Å². The number of nitrogens with zero attached hydrogens (tertiary/aromatic N) is 1. The average molecular weight is 324 g/mol. The molecule has 0 atom stereocenters. The number of guanidine groups is 1. The molecule has 0 amide bonds. The van der Waals surface area contributed by atoms with E-state index < -0.39 is 0 Å². The molecule has 0 heterocycles. The predicted molar refractivity (Wildman–Crippen MR) is 98.0 cm³/mol. The number of benzene rings is 1. The van der Waals surface area contributed by atoms with E-state index in [1.54, 1.807) is 0 Å². The Hall–Kier alpha value is -1.36. The number of para-hydroxylation sites is 1. The number of aliphatic imine (C=N–C) groups is 1. The van der Waals surface area contributed by atoms with Crippen LogP contribution in [0.25, 0.3) is 0 Å². The molecular formula is C17H29N3OS. The minimum Gasteiger partial charge on any atom is -0.493 e. The highest BCUT2D eigenvalue weighted by Gasteiger charge is 2.04. The van der Waals surface area contributed by atoms with Crippen LogP contribution in [0.15, 0.2) is 29.3 Å². The van der Waals surface area contributed by atoms with Gasteiger partial charge in [-0.15, -0.1) is 0 Å². The van der Waals surface area contributed by atoms with Gasteiger partial charge in [-0.1, -0.05) is 32.0 Å². The lowest BCUT2D eigenvalue weighted by Crippen LogP contribution is -2.38. The lowest BCUT2D eigenvalue weighted by atomic mass is 10.2. The topological polar surface area (TPSA) is 45.7 Å². The largest absolute Gasteiger partial charge is 0.493 e. The summed E-state index contributed by atoms with van der Waals surface area (Å²) in [5.41, 5.74) is 1.12. The van der Waals surface area contributed by atoms with Crippen LogP contribution >= 0.6 is 11.8 Å². The number of ether oxygens (including phenoxy) is 1. The molecule has 1 rings (SSSR count). The Balaban J connectivity index is 2.67. The van der Waals surface area contributed by atoms with Crippen LogP contribution in [0.5, 0.6) is 5.75 Å². The fourth-order valence-corrected chi connectivity index (χ4v) is 2.12. The van der Waals surface area contributed by atoms with Gasteiger partial charge in [0.05, 0.1) is 13.2 Å². The first kappa shape index (κ1) is 18.7. The van der Waals surface area contributed by atoms with Gasteiger partial charge in [-0.2, -0.15) is 11.8 Å². The molecule has 0 spiro atoms. The lowest BCUT2D eigenvalue weighted by molar-refractivity contribution is 0.268. The van der Waals surface area contributed by atoms with Gasteiger partial charge in [0.25, 0.3) is 0 Å². The number of nitrogens with one attached hydrogen (secondary N) is 2. The summed E-state index contributed by atoms with van der Waals surface area (Å²) in [6, 6.07) is 8.12. The fraction of sp³-hybridized carbons (Fsp3) is 0.588. The molecule has 0 aliphatic carbocycles. The lowest BCUT2D eigenvalue weighted by Gasteiger charge is -2.13. The van der Waals surface area contributed by atoms with Crippen molar-refractivity contribution in [1.82, 2.24) is 10.6 Å². The van der Waals surface area contributed by atoms with E-state index in [4.69, 9.17) is 4.74 Å². The molecule has 0 aliphatic rings. The Kier molecular flexibility index (Phi) is 9.55. The summed E-state index contributed by atoms with van der Waals surface area (Å²) in [7, 11) is 0. The average Bonchev–Trinajstić information content (AvgIpc) is 2.51. The maximum Gasteiger partial charge on any atom is 0.191 e. The molecule has 22 heavy (non-hydrogen) atoms. The highest BCUT2D eigenvalue weighted by atomic mass is 32.2. The van der Waals surface area contributed by atoms with Gasteiger partial charge in [-0.05, 0) is 25.2 Å². The van der Waals surface area contributed by atoms with Gasteiger partial charge in [-0.3, -0.25) is 0 Å². The van der Waals surface area contributed by atoms with E-state index in [2.05, 4.69) is 48.7 Å². The maximum atomic E-state index is 5.88. The summed E-state index contributed by atoms with van der Waals surface area (Å²) in [6.45, 7) is 9.50. The minimum absolute atomic E-state index is 0.516. The second-order valence-electron chi connectivity index (χ2n) is 5.43. The van der Waals surface area contributed by atoms with Crippen molar-refractivity contribution >= 4 is 17.7 Å². The van der Waals surface area contributed by atoms with Gasteiger partial charge in [0.15, 0.2) is 5.96 Å². The second-order valence-corrected chi connectivity index (χ2v) is 6.41. The zero-order valence-electron chi connectivity index (χ0n) is 14.2. The molecule has 124 valence electrons. The first-order valence-electron chi connectivity index (χ1n) is 7.89. The molecule has 0 aliphatic heterocycles. The van der Waals surface area contributed by atoms with Crippen LogP contribution in [-0.4, -0.2) is 37.7 Å². The molecule has 5 heteroatoms. The molecule has 0 unspecified atom stereocenters. The predicted octanol–water partition coefficient (Wildman–Crippen LogP) is 3.14. The maximum absolute atomic E-state index is 5.88. The zero-order valence-corrected chi connectivity index (χ0v) is 15.0. The van der Waals surface area contributed by atoms with Gasteiger partial charge in [0.1, 0.15) is 5.75 Å². The van der Waals surface area contributed by atoms with Crippen molar-refractivity contribution < 1.29 is 4.74 Å². The molecular weight excluding hydrogens is 294 g/mol. The van der Waals surface area contributed by atoms with Crippen molar-refractivity contribution in [3.8, 4) is 5.75 Å². The van der Waals surface area contributed by atoms with E-state index in [9.17, 15) is 0 Å². The summed E-state index contributed by atoms with van der Waals surface area (Å²) in [5, 5.41) is 6.61. The van der Waals surface area contributed by atoms with Gasteiger partial charge >= 0.3 is 0 Å². The van der Waals surface area contributed by atoms with Gasteiger partial charge in [0.2, 0.25) is 0 Å². The van der Waals surface area contributed by atoms with Crippen LogP contribution in [0.2, 0.25) is 0 Å². The molecule has 0 fully saturated rings. The molecule has 4 nitrogen and oxygen atoms in total. The Labute approximate surface area is 139 Å². The number of thioether (sulfide) groups is 1. The van der Waals surface area contributed by atoms with Crippen LogP contribution in [-0.2, 0) is 6.54 Å². The van der Waals surface area contributed by atoms with Crippen molar-refractivity contribution in [3.05, 3.63) is 29.8 Å². The Morgan fingerprint density at radius 1 is 1.27 bits per heavy atom. The Bertz CT molecular complexity index is 449. The number of hydrogen-bond donors (Lipinski definition) is 2. The molecule has 1 aromatic carbocycles. The van der Waals surface area contributed by atoms with Crippen LogP contribution in [0.3, 0.4) is 0 Å². The second kappa shape index (κ2) is 11.2. The quantitative estimate of drug-likeness (QED) is 0.416. The third-order valence-electron chi connectivity index (χ3n) is 2.90. The van der Waals surface area contributed by atoms with E-state index in [1.807, 2.05) is 30.0 Å². The molecule has 0 radical (unpaired) electrons. The van der Waals surface area contributed by atoms with E-state index >= 15 is 0 Å². The zero-order chi connectivity index (χ0) is 16.2. The summed E-state index contributed by atoms with van der Waals surface area (Å²) in [6.07, 6.45) is 2.11. The molecule has 0 aromatic heterocycles. The first-order chi connectivity index (χ1) is 10.7.